The summed E-state index contributed by atoms with van der Waals surface area (Å²) in [6.45, 7) is 0. The standard InChI is InChI=1S/C21H14N2OS/c24-21-18-16-10-5-4-7-14(16)13-25-19(18)17-11-6-12-22-20(17)23(21)15-8-2-1-3-9-15/h1-12H,13H2. The van der Waals surface area contributed by atoms with E-state index in [0.29, 0.717) is 5.65 Å². The molecule has 1 aliphatic heterocycles. The van der Waals surface area contributed by atoms with Gasteiger partial charge in [-0.05, 0) is 35.4 Å². The van der Waals surface area contributed by atoms with Crippen LogP contribution in [0.25, 0.3) is 27.8 Å². The predicted octanol–water partition coefficient (Wildman–Crippen LogP) is 4.66. The first-order valence-corrected chi connectivity index (χ1v) is 9.13. The summed E-state index contributed by atoms with van der Waals surface area (Å²) in [5, 5.41) is 1.03. The molecule has 3 heterocycles. The van der Waals surface area contributed by atoms with Crippen LogP contribution in [0, 0.1) is 0 Å². The molecule has 0 N–H and O–H groups in total. The Kier molecular flexibility index (Phi) is 3.25. The van der Waals surface area contributed by atoms with Gasteiger partial charge in [-0.15, -0.1) is 11.8 Å². The van der Waals surface area contributed by atoms with E-state index < -0.39 is 0 Å². The highest BCUT2D eigenvalue weighted by atomic mass is 32.2. The molecular weight excluding hydrogens is 328 g/mol. The van der Waals surface area contributed by atoms with Gasteiger partial charge in [0.2, 0.25) is 0 Å². The highest BCUT2D eigenvalue weighted by Crippen LogP contribution is 2.43. The fourth-order valence-corrected chi connectivity index (χ4v) is 4.64. The van der Waals surface area contributed by atoms with Gasteiger partial charge in [-0.25, -0.2) is 4.98 Å². The topological polar surface area (TPSA) is 34.9 Å². The number of pyridine rings is 2. The number of hydrogen-bond acceptors (Lipinski definition) is 3. The molecule has 0 bridgehead atoms. The maximum absolute atomic E-state index is 13.5. The van der Waals surface area contributed by atoms with E-state index in [1.54, 1.807) is 22.5 Å². The molecule has 0 unspecified atom stereocenters. The van der Waals surface area contributed by atoms with Gasteiger partial charge in [-0.2, -0.15) is 0 Å². The van der Waals surface area contributed by atoms with E-state index in [0.717, 1.165) is 32.8 Å². The largest absolute Gasteiger partial charge is 0.268 e. The summed E-state index contributed by atoms with van der Waals surface area (Å²) < 4.78 is 1.73. The molecule has 2 aromatic carbocycles. The molecule has 4 heteroatoms. The summed E-state index contributed by atoms with van der Waals surface area (Å²) >= 11 is 1.73. The number of hydrogen-bond donors (Lipinski definition) is 0. The zero-order valence-electron chi connectivity index (χ0n) is 13.3. The first-order valence-electron chi connectivity index (χ1n) is 8.15. The molecule has 0 fully saturated rings. The molecule has 0 spiro atoms. The Hall–Kier alpha value is -2.85. The van der Waals surface area contributed by atoms with Crippen molar-refractivity contribution in [1.82, 2.24) is 9.55 Å². The minimum atomic E-state index is -0.00736. The first-order chi connectivity index (χ1) is 12.3. The fraction of sp³-hybridized carbons (Fsp3) is 0.0476. The molecule has 0 saturated carbocycles. The van der Waals surface area contributed by atoms with E-state index >= 15 is 0 Å². The second-order valence-electron chi connectivity index (χ2n) is 6.00. The van der Waals surface area contributed by atoms with Crippen LogP contribution < -0.4 is 5.56 Å². The summed E-state index contributed by atoms with van der Waals surface area (Å²) in [5.74, 6) is 0.877. The normalized spacial score (nSPS) is 12.6. The Morgan fingerprint density at radius 2 is 1.72 bits per heavy atom. The van der Waals surface area contributed by atoms with Crippen molar-refractivity contribution < 1.29 is 0 Å². The van der Waals surface area contributed by atoms with Crippen molar-refractivity contribution in [3.63, 3.8) is 0 Å². The van der Waals surface area contributed by atoms with Crippen molar-refractivity contribution in [2.24, 2.45) is 0 Å². The molecule has 0 radical (unpaired) electrons. The van der Waals surface area contributed by atoms with E-state index in [4.69, 9.17) is 0 Å². The maximum atomic E-state index is 13.5. The van der Waals surface area contributed by atoms with Gasteiger partial charge in [0.15, 0.2) is 0 Å². The van der Waals surface area contributed by atoms with Crippen LogP contribution in [0.5, 0.6) is 0 Å². The minimum Gasteiger partial charge on any atom is -0.268 e. The second kappa shape index (κ2) is 5.60. The average molecular weight is 342 g/mol. The van der Waals surface area contributed by atoms with Gasteiger partial charge in [0.1, 0.15) is 5.65 Å². The summed E-state index contributed by atoms with van der Waals surface area (Å²) in [4.78, 5) is 19.1. The van der Waals surface area contributed by atoms with Crippen molar-refractivity contribution in [3.05, 3.63) is 88.8 Å². The zero-order chi connectivity index (χ0) is 16.8. The molecule has 0 amide bonds. The van der Waals surface area contributed by atoms with Gasteiger partial charge in [-0.3, -0.25) is 9.36 Å². The van der Waals surface area contributed by atoms with Crippen LogP contribution in [0.3, 0.4) is 0 Å². The van der Waals surface area contributed by atoms with Gasteiger partial charge < -0.3 is 0 Å². The van der Waals surface area contributed by atoms with Crippen molar-refractivity contribution in [2.45, 2.75) is 10.6 Å². The van der Waals surface area contributed by atoms with Crippen LogP contribution >= 0.6 is 11.8 Å². The van der Waals surface area contributed by atoms with Crippen molar-refractivity contribution in [2.75, 3.05) is 0 Å². The zero-order valence-corrected chi connectivity index (χ0v) is 14.2. The molecule has 0 atom stereocenters. The van der Waals surface area contributed by atoms with Gasteiger partial charge in [0.05, 0.1) is 11.3 Å². The van der Waals surface area contributed by atoms with E-state index in [9.17, 15) is 4.79 Å². The molecule has 0 saturated heterocycles. The minimum absolute atomic E-state index is 0.00736. The quantitative estimate of drug-likeness (QED) is 0.505. The Labute approximate surface area is 149 Å². The number of rotatable bonds is 1. The number of para-hydroxylation sites is 1. The lowest BCUT2D eigenvalue weighted by Gasteiger charge is -2.22. The molecule has 4 aromatic rings. The molecule has 25 heavy (non-hydrogen) atoms. The molecular formula is C21H14N2OS. The number of benzene rings is 2. The van der Waals surface area contributed by atoms with Gasteiger partial charge in [0, 0.05) is 22.2 Å². The Morgan fingerprint density at radius 3 is 2.60 bits per heavy atom. The van der Waals surface area contributed by atoms with E-state index in [2.05, 4.69) is 17.1 Å². The van der Waals surface area contributed by atoms with Gasteiger partial charge in [-0.1, -0.05) is 42.5 Å². The van der Waals surface area contributed by atoms with Gasteiger partial charge in [0.25, 0.3) is 5.56 Å². The van der Waals surface area contributed by atoms with Crippen LogP contribution in [0.1, 0.15) is 5.56 Å². The summed E-state index contributed by atoms with van der Waals surface area (Å²) in [5.41, 5.74) is 4.58. The second-order valence-corrected chi connectivity index (χ2v) is 6.99. The lowest BCUT2D eigenvalue weighted by atomic mass is 10.00. The molecule has 2 aromatic heterocycles. The smallest absolute Gasteiger partial charge is 0.265 e. The van der Waals surface area contributed by atoms with Gasteiger partial charge >= 0.3 is 0 Å². The highest BCUT2D eigenvalue weighted by molar-refractivity contribution is 7.99. The Morgan fingerprint density at radius 1 is 0.920 bits per heavy atom. The molecule has 120 valence electrons. The fourth-order valence-electron chi connectivity index (χ4n) is 3.44. The first kappa shape index (κ1) is 14.5. The highest BCUT2D eigenvalue weighted by Gasteiger charge is 2.25. The number of thioether (sulfide) groups is 1. The lowest BCUT2D eigenvalue weighted by molar-refractivity contribution is 1.00. The third kappa shape index (κ3) is 2.14. The van der Waals surface area contributed by atoms with E-state index in [-0.39, 0.29) is 5.56 Å². The molecule has 1 aliphatic rings. The molecule has 0 aliphatic carbocycles. The predicted molar refractivity (Wildman–Crippen MR) is 102 cm³/mol. The number of nitrogens with zero attached hydrogens (tertiary/aromatic N) is 2. The summed E-state index contributed by atoms with van der Waals surface area (Å²) in [6, 6.07) is 21.9. The molecule has 3 nitrogen and oxygen atoms in total. The SMILES string of the molecule is O=c1c2c(c3cccnc3n1-c1ccccc1)SCc1ccccc1-2. The summed E-state index contributed by atoms with van der Waals surface area (Å²) in [7, 11) is 0. The lowest BCUT2D eigenvalue weighted by Crippen LogP contribution is -2.23. The average Bonchev–Trinajstić information content (AvgIpc) is 2.68. The Balaban J connectivity index is 1.98. The van der Waals surface area contributed by atoms with Crippen LogP contribution in [-0.2, 0) is 5.75 Å². The van der Waals surface area contributed by atoms with E-state index in [1.165, 1.54) is 5.56 Å². The van der Waals surface area contributed by atoms with Crippen LogP contribution in [0.15, 0.2) is 82.6 Å². The van der Waals surface area contributed by atoms with Crippen LogP contribution in [0.2, 0.25) is 0 Å². The number of fused-ring (bicyclic) bond motifs is 5. The monoisotopic (exact) mass is 342 g/mol. The van der Waals surface area contributed by atoms with E-state index in [1.807, 2.05) is 54.6 Å². The van der Waals surface area contributed by atoms with Crippen molar-refractivity contribution in [1.29, 1.82) is 0 Å². The maximum Gasteiger partial charge on any atom is 0.265 e. The Bertz CT molecular complexity index is 1170. The third-order valence-corrected chi connectivity index (χ3v) is 5.73. The number of aromatic nitrogens is 2. The third-order valence-electron chi connectivity index (χ3n) is 4.56. The van der Waals surface area contributed by atoms with Crippen molar-refractivity contribution in [3.8, 4) is 16.8 Å². The van der Waals surface area contributed by atoms with Crippen LogP contribution in [0.4, 0.5) is 0 Å². The van der Waals surface area contributed by atoms with Crippen LogP contribution in [-0.4, -0.2) is 9.55 Å². The molecule has 5 rings (SSSR count). The summed E-state index contributed by atoms with van der Waals surface area (Å²) in [6.07, 6.45) is 1.75. The van der Waals surface area contributed by atoms with Crippen molar-refractivity contribution >= 4 is 22.8 Å².